The molecule has 0 saturated carbocycles. The zero-order valence-electron chi connectivity index (χ0n) is 10.1. The fourth-order valence-electron chi connectivity index (χ4n) is 1.52. The first-order chi connectivity index (χ1) is 9.22. The summed E-state index contributed by atoms with van der Waals surface area (Å²) in [4.78, 5) is -0.514. The zero-order valence-corrected chi connectivity index (χ0v) is 10.9. The van der Waals surface area contributed by atoms with E-state index in [2.05, 4.69) is 0 Å². The SMILES string of the molecule is N#Cc1ccccc1S(=O)(=O)N(CCO)CC(F)(F)F. The summed E-state index contributed by atoms with van der Waals surface area (Å²) in [7, 11) is -4.51. The summed E-state index contributed by atoms with van der Waals surface area (Å²) < 4.78 is 61.6. The van der Waals surface area contributed by atoms with Crippen LogP contribution in [-0.4, -0.2) is 43.7 Å². The summed E-state index contributed by atoms with van der Waals surface area (Å²) in [5.74, 6) is 0. The molecule has 0 aromatic heterocycles. The molecule has 20 heavy (non-hydrogen) atoms. The Morgan fingerprint density at radius 3 is 2.40 bits per heavy atom. The van der Waals surface area contributed by atoms with Crippen molar-refractivity contribution in [1.82, 2.24) is 4.31 Å². The molecular weight excluding hydrogens is 297 g/mol. The van der Waals surface area contributed by atoms with Crippen LogP contribution in [0.15, 0.2) is 29.2 Å². The molecule has 0 aliphatic heterocycles. The van der Waals surface area contributed by atoms with E-state index in [1.165, 1.54) is 18.2 Å². The highest BCUT2D eigenvalue weighted by Crippen LogP contribution is 2.24. The number of nitriles is 1. The Labute approximate surface area is 113 Å². The van der Waals surface area contributed by atoms with Crippen molar-refractivity contribution in [1.29, 1.82) is 5.26 Å². The monoisotopic (exact) mass is 308 g/mol. The lowest BCUT2D eigenvalue weighted by Gasteiger charge is -2.22. The maximum Gasteiger partial charge on any atom is 0.402 e. The fourth-order valence-corrected chi connectivity index (χ4v) is 3.08. The number of hydrogen-bond donors (Lipinski definition) is 1. The molecule has 0 bridgehead atoms. The van der Waals surface area contributed by atoms with Gasteiger partial charge >= 0.3 is 6.18 Å². The summed E-state index contributed by atoms with van der Waals surface area (Å²) in [5.41, 5.74) is -0.252. The highest BCUT2D eigenvalue weighted by atomic mass is 32.2. The molecule has 0 aliphatic rings. The molecule has 5 nitrogen and oxygen atoms in total. The molecule has 0 heterocycles. The molecule has 1 aromatic rings. The third-order valence-electron chi connectivity index (χ3n) is 2.33. The number of alkyl halides is 3. The number of nitrogens with zero attached hydrogens (tertiary/aromatic N) is 2. The van der Waals surface area contributed by atoms with Gasteiger partial charge in [-0.1, -0.05) is 12.1 Å². The Morgan fingerprint density at radius 2 is 1.90 bits per heavy atom. The largest absolute Gasteiger partial charge is 0.402 e. The van der Waals surface area contributed by atoms with Gasteiger partial charge in [-0.15, -0.1) is 0 Å². The van der Waals surface area contributed by atoms with Gasteiger partial charge in [0.1, 0.15) is 12.6 Å². The maximum atomic E-state index is 12.4. The number of benzene rings is 1. The van der Waals surface area contributed by atoms with E-state index in [0.717, 1.165) is 6.07 Å². The van der Waals surface area contributed by atoms with Crippen LogP contribution in [0.3, 0.4) is 0 Å². The molecule has 1 N–H and O–H groups in total. The average molecular weight is 308 g/mol. The van der Waals surface area contributed by atoms with Crippen LogP contribution < -0.4 is 0 Å². The Kier molecular flexibility index (Phi) is 5.10. The highest BCUT2D eigenvalue weighted by molar-refractivity contribution is 7.89. The summed E-state index contributed by atoms with van der Waals surface area (Å²) in [6.45, 7) is -3.19. The number of sulfonamides is 1. The molecule has 0 atom stereocenters. The van der Waals surface area contributed by atoms with Gasteiger partial charge in [0.2, 0.25) is 10.0 Å². The lowest BCUT2D eigenvalue weighted by molar-refractivity contribution is -0.136. The molecule has 0 unspecified atom stereocenters. The number of aliphatic hydroxyl groups excluding tert-OH is 1. The quantitative estimate of drug-likeness (QED) is 0.883. The van der Waals surface area contributed by atoms with Gasteiger partial charge in [-0.05, 0) is 12.1 Å². The molecule has 1 aromatic carbocycles. The van der Waals surface area contributed by atoms with Gasteiger partial charge in [0, 0.05) is 6.54 Å². The summed E-state index contributed by atoms with van der Waals surface area (Å²) >= 11 is 0. The van der Waals surface area contributed by atoms with Crippen molar-refractivity contribution in [2.24, 2.45) is 0 Å². The molecule has 9 heteroatoms. The van der Waals surface area contributed by atoms with Crippen LogP contribution in [0.2, 0.25) is 0 Å². The van der Waals surface area contributed by atoms with Crippen LogP contribution in [-0.2, 0) is 10.0 Å². The molecule has 0 aliphatic carbocycles. The number of aliphatic hydroxyl groups is 1. The second kappa shape index (κ2) is 6.21. The minimum atomic E-state index is -4.75. The van der Waals surface area contributed by atoms with E-state index in [-0.39, 0.29) is 9.87 Å². The van der Waals surface area contributed by atoms with Crippen molar-refractivity contribution in [2.75, 3.05) is 19.7 Å². The topological polar surface area (TPSA) is 81.4 Å². The van der Waals surface area contributed by atoms with Crippen molar-refractivity contribution in [3.05, 3.63) is 29.8 Å². The van der Waals surface area contributed by atoms with Crippen LogP contribution in [0.1, 0.15) is 5.56 Å². The minimum absolute atomic E-state index is 0.100. The Morgan fingerprint density at radius 1 is 1.30 bits per heavy atom. The van der Waals surface area contributed by atoms with Gasteiger partial charge < -0.3 is 5.11 Å². The summed E-state index contributed by atoms with van der Waals surface area (Å²) in [5, 5.41) is 17.6. The molecule has 110 valence electrons. The van der Waals surface area contributed by atoms with Crippen LogP contribution in [0, 0.1) is 11.3 Å². The van der Waals surface area contributed by atoms with Crippen molar-refractivity contribution >= 4 is 10.0 Å². The van der Waals surface area contributed by atoms with Gasteiger partial charge in [-0.25, -0.2) is 8.42 Å². The molecule has 0 saturated heterocycles. The number of hydrogen-bond acceptors (Lipinski definition) is 4. The number of rotatable bonds is 5. The van der Waals surface area contributed by atoms with Gasteiger partial charge in [0.25, 0.3) is 0 Å². The third-order valence-corrected chi connectivity index (χ3v) is 4.23. The third kappa shape index (κ3) is 3.93. The predicted molar refractivity (Wildman–Crippen MR) is 63.1 cm³/mol. The normalized spacial score (nSPS) is 12.4. The molecule has 0 amide bonds. The Hall–Kier alpha value is -1.63. The van der Waals surface area contributed by atoms with Crippen LogP contribution in [0.5, 0.6) is 0 Å². The van der Waals surface area contributed by atoms with Crippen molar-refractivity contribution in [3.63, 3.8) is 0 Å². The highest BCUT2D eigenvalue weighted by Gasteiger charge is 2.37. The van der Waals surface area contributed by atoms with Crippen molar-refractivity contribution in [3.8, 4) is 6.07 Å². The van der Waals surface area contributed by atoms with Crippen molar-refractivity contribution < 1.29 is 26.7 Å². The fraction of sp³-hybridized carbons (Fsp3) is 0.364. The Bertz CT molecular complexity index is 608. The molecular formula is C11H11F3N2O3S. The smallest absolute Gasteiger partial charge is 0.395 e. The first-order valence-electron chi connectivity index (χ1n) is 5.39. The van der Waals surface area contributed by atoms with E-state index in [9.17, 15) is 21.6 Å². The van der Waals surface area contributed by atoms with Crippen molar-refractivity contribution in [2.45, 2.75) is 11.1 Å². The lowest BCUT2D eigenvalue weighted by atomic mass is 10.2. The van der Waals surface area contributed by atoms with Gasteiger partial charge in [0.15, 0.2) is 0 Å². The van der Waals surface area contributed by atoms with Gasteiger partial charge in [-0.3, -0.25) is 0 Å². The second-order valence-electron chi connectivity index (χ2n) is 3.79. The molecule has 0 spiro atoms. The lowest BCUT2D eigenvalue weighted by Crippen LogP contribution is -2.40. The van der Waals surface area contributed by atoms with E-state index in [0.29, 0.717) is 0 Å². The Balaban J connectivity index is 3.27. The first kappa shape index (κ1) is 16.4. The number of halogens is 3. The van der Waals surface area contributed by atoms with Gasteiger partial charge in [0.05, 0.1) is 17.1 Å². The van der Waals surface area contributed by atoms with E-state index >= 15 is 0 Å². The van der Waals surface area contributed by atoms with E-state index in [1.54, 1.807) is 6.07 Å². The molecule has 1 rings (SSSR count). The molecule has 0 fully saturated rings. The predicted octanol–water partition coefficient (Wildman–Crippen LogP) is 1.10. The maximum absolute atomic E-state index is 12.4. The summed E-state index contributed by atoms with van der Waals surface area (Å²) in [6.07, 6.45) is -4.75. The molecule has 0 radical (unpaired) electrons. The minimum Gasteiger partial charge on any atom is -0.395 e. The van der Waals surface area contributed by atoms with E-state index in [4.69, 9.17) is 10.4 Å². The van der Waals surface area contributed by atoms with Crippen LogP contribution in [0.4, 0.5) is 13.2 Å². The average Bonchev–Trinajstić information content (AvgIpc) is 2.36. The summed E-state index contributed by atoms with van der Waals surface area (Å²) in [6, 6.07) is 6.56. The zero-order chi connectivity index (χ0) is 15.4. The first-order valence-corrected chi connectivity index (χ1v) is 6.83. The van der Waals surface area contributed by atoms with E-state index in [1.807, 2.05) is 0 Å². The van der Waals surface area contributed by atoms with Gasteiger partial charge in [-0.2, -0.15) is 22.7 Å². The van der Waals surface area contributed by atoms with Crippen LogP contribution in [0.25, 0.3) is 0 Å². The second-order valence-corrected chi connectivity index (χ2v) is 5.69. The van der Waals surface area contributed by atoms with E-state index < -0.39 is 40.8 Å². The van der Waals surface area contributed by atoms with Crippen LogP contribution >= 0.6 is 0 Å². The standard InChI is InChI=1S/C11H11F3N2O3S/c12-11(13,14)8-16(5-6-17)20(18,19)10-4-2-1-3-9(10)7-15/h1-4,17H,5-6,8H2.